The van der Waals surface area contributed by atoms with E-state index in [2.05, 4.69) is 20.4 Å². The number of aromatic nitrogens is 4. The molecule has 164 valence electrons. The third-order valence-electron chi connectivity index (χ3n) is 4.65. The number of H-pyrrole nitrogens is 1. The molecule has 0 aliphatic heterocycles. The maximum atomic E-state index is 13.1. The van der Waals surface area contributed by atoms with Gasteiger partial charge in [0.2, 0.25) is 5.95 Å². The fraction of sp³-hybridized carbons (Fsp3) is 0.217. The number of hydrogen-bond acceptors (Lipinski definition) is 6. The van der Waals surface area contributed by atoms with Crippen LogP contribution in [0.4, 0.5) is 5.82 Å². The number of anilines is 1. The van der Waals surface area contributed by atoms with E-state index >= 15 is 0 Å². The van der Waals surface area contributed by atoms with Crippen molar-refractivity contribution in [1.29, 1.82) is 0 Å². The lowest BCUT2D eigenvalue weighted by molar-refractivity contribution is 0.102. The summed E-state index contributed by atoms with van der Waals surface area (Å²) in [6.45, 7) is 4.33. The van der Waals surface area contributed by atoms with Crippen molar-refractivity contribution in [2.75, 3.05) is 11.9 Å². The van der Waals surface area contributed by atoms with Gasteiger partial charge < -0.3 is 10.1 Å². The minimum absolute atomic E-state index is 0.247. The Morgan fingerprint density at radius 3 is 2.78 bits per heavy atom. The van der Waals surface area contributed by atoms with Crippen molar-refractivity contribution < 1.29 is 9.53 Å². The fourth-order valence-corrected chi connectivity index (χ4v) is 3.96. The minimum atomic E-state index is -0.347. The molecule has 0 fully saturated rings. The Bertz CT molecular complexity index is 1280. The Morgan fingerprint density at radius 1 is 1.19 bits per heavy atom. The highest BCUT2D eigenvalue weighted by Crippen LogP contribution is 2.28. The van der Waals surface area contributed by atoms with Gasteiger partial charge in [-0.15, -0.1) is 11.3 Å². The Labute approximate surface area is 188 Å². The molecule has 0 saturated carbocycles. The molecule has 2 N–H and O–H groups in total. The highest BCUT2D eigenvalue weighted by molar-refractivity contribution is 7.13. The molecule has 0 aliphatic rings. The van der Waals surface area contributed by atoms with Crippen LogP contribution in [0.15, 0.2) is 58.7 Å². The molecule has 8 nitrogen and oxygen atoms in total. The number of nitrogens with zero attached hydrogens (tertiary/aromatic N) is 3. The molecule has 4 rings (SSSR count). The van der Waals surface area contributed by atoms with E-state index in [1.54, 1.807) is 24.3 Å². The first-order valence-corrected chi connectivity index (χ1v) is 11.2. The van der Waals surface area contributed by atoms with E-state index < -0.39 is 0 Å². The third kappa shape index (κ3) is 4.62. The monoisotopic (exact) mass is 449 g/mol. The number of aryl methyl sites for hydroxylation is 1. The summed E-state index contributed by atoms with van der Waals surface area (Å²) in [6, 6.07) is 14.2. The zero-order valence-electron chi connectivity index (χ0n) is 17.8. The van der Waals surface area contributed by atoms with Crippen molar-refractivity contribution in [2.24, 2.45) is 0 Å². The summed E-state index contributed by atoms with van der Waals surface area (Å²) < 4.78 is 7.05. The van der Waals surface area contributed by atoms with Crippen molar-refractivity contribution in [3.05, 3.63) is 75.5 Å². The summed E-state index contributed by atoms with van der Waals surface area (Å²) in [5, 5.41) is 9.47. The van der Waals surface area contributed by atoms with Crippen LogP contribution in [0.3, 0.4) is 0 Å². The number of carbonyl (C=O) groups excluding carboxylic acids is 1. The number of rotatable bonds is 8. The maximum absolute atomic E-state index is 13.1. The summed E-state index contributed by atoms with van der Waals surface area (Å²) in [7, 11) is 0. The Balaban J connectivity index is 1.77. The normalized spacial score (nSPS) is 10.8. The molecule has 0 aliphatic carbocycles. The van der Waals surface area contributed by atoms with Crippen LogP contribution < -0.4 is 15.6 Å². The van der Waals surface area contributed by atoms with Crippen LogP contribution in [0.1, 0.15) is 36.3 Å². The lowest BCUT2D eigenvalue weighted by atomic mass is 10.2. The Morgan fingerprint density at radius 2 is 2.03 bits per heavy atom. The van der Waals surface area contributed by atoms with Crippen LogP contribution in [-0.2, 0) is 6.42 Å². The van der Waals surface area contributed by atoms with E-state index in [1.165, 1.54) is 22.1 Å². The molecule has 4 aromatic rings. The van der Waals surface area contributed by atoms with Crippen LogP contribution in [0.25, 0.3) is 16.5 Å². The quantitative estimate of drug-likeness (QED) is 0.418. The zero-order valence-corrected chi connectivity index (χ0v) is 18.6. The highest BCUT2D eigenvalue weighted by atomic mass is 32.1. The average molecular weight is 450 g/mol. The van der Waals surface area contributed by atoms with Crippen molar-refractivity contribution in [3.8, 4) is 22.3 Å². The number of benzene rings is 1. The van der Waals surface area contributed by atoms with Gasteiger partial charge in [0, 0.05) is 17.8 Å². The summed E-state index contributed by atoms with van der Waals surface area (Å²) >= 11 is 1.53. The molecule has 32 heavy (non-hydrogen) atoms. The largest absolute Gasteiger partial charge is 0.493 e. The topological polar surface area (TPSA) is 102 Å². The van der Waals surface area contributed by atoms with Crippen LogP contribution in [-0.4, -0.2) is 32.3 Å². The predicted octanol–water partition coefficient (Wildman–Crippen LogP) is 4.29. The second kappa shape index (κ2) is 9.61. The first-order chi connectivity index (χ1) is 15.6. The molecule has 9 heteroatoms. The van der Waals surface area contributed by atoms with Gasteiger partial charge in [-0.2, -0.15) is 9.78 Å². The number of nitrogens with one attached hydrogen (secondary N) is 2. The lowest BCUT2D eigenvalue weighted by Crippen LogP contribution is -2.19. The number of aromatic amines is 1. The Kier molecular flexibility index (Phi) is 6.46. The number of amides is 1. The molecule has 0 bridgehead atoms. The smallest absolute Gasteiger partial charge is 0.260 e. The van der Waals surface area contributed by atoms with Gasteiger partial charge >= 0.3 is 0 Å². The predicted molar refractivity (Wildman–Crippen MR) is 125 cm³/mol. The van der Waals surface area contributed by atoms with Crippen molar-refractivity contribution in [1.82, 2.24) is 19.7 Å². The van der Waals surface area contributed by atoms with E-state index in [0.29, 0.717) is 41.5 Å². The van der Waals surface area contributed by atoms with Crippen molar-refractivity contribution in [2.45, 2.75) is 26.7 Å². The second-order valence-corrected chi connectivity index (χ2v) is 7.95. The number of carbonyl (C=O) groups is 1. The van der Waals surface area contributed by atoms with Crippen LogP contribution in [0.2, 0.25) is 0 Å². The van der Waals surface area contributed by atoms with Gasteiger partial charge in [0.15, 0.2) is 0 Å². The van der Waals surface area contributed by atoms with Crippen molar-refractivity contribution in [3.63, 3.8) is 0 Å². The van der Waals surface area contributed by atoms with Crippen LogP contribution >= 0.6 is 11.3 Å². The third-order valence-corrected chi connectivity index (χ3v) is 5.54. The van der Waals surface area contributed by atoms with Gasteiger partial charge in [-0.1, -0.05) is 31.5 Å². The van der Waals surface area contributed by atoms with Gasteiger partial charge in [0.05, 0.1) is 17.0 Å². The minimum Gasteiger partial charge on any atom is -0.493 e. The van der Waals surface area contributed by atoms with E-state index in [-0.39, 0.29) is 17.4 Å². The lowest BCUT2D eigenvalue weighted by Gasteiger charge is -2.11. The number of para-hydroxylation sites is 1. The SMILES string of the molecule is CCCc1cc(=O)[nH]c(-n2nc(-c3cccs3)cc2NC(=O)c2ccccc2OCC)n1. The maximum Gasteiger partial charge on any atom is 0.260 e. The fourth-order valence-electron chi connectivity index (χ4n) is 3.27. The van der Waals surface area contributed by atoms with Gasteiger partial charge in [-0.25, -0.2) is 4.98 Å². The Hall–Kier alpha value is -3.72. The van der Waals surface area contributed by atoms with Crippen molar-refractivity contribution >= 4 is 23.1 Å². The first kappa shape index (κ1) is 21.5. The molecule has 0 saturated heterocycles. The zero-order chi connectivity index (χ0) is 22.5. The van der Waals surface area contributed by atoms with Gasteiger partial charge in [-0.05, 0) is 36.9 Å². The summed E-state index contributed by atoms with van der Waals surface area (Å²) in [6.07, 6.45) is 1.52. The second-order valence-electron chi connectivity index (χ2n) is 7.00. The summed E-state index contributed by atoms with van der Waals surface area (Å²) in [4.78, 5) is 33.5. The molecular weight excluding hydrogens is 426 g/mol. The number of thiophene rings is 1. The van der Waals surface area contributed by atoms with Gasteiger partial charge in [0.25, 0.3) is 11.5 Å². The van der Waals surface area contributed by atoms with E-state index in [9.17, 15) is 9.59 Å². The van der Waals surface area contributed by atoms with Gasteiger partial charge in [0.1, 0.15) is 17.3 Å². The molecule has 0 radical (unpaired) electrons. The molecule has 3 heterocycles. The van der Waals surface area contributed by atoms with Crippen LogP contribution in [0, 0.1) is 0 Å². The number of ether oxygens (including phenoxy) is 1. The van der Waals surface area contributed by atoms with E-state index in [4.69, 9.17) is 4.74 Å². The number of hydrogen-bond donors (Lipinski definition) is 2. The molecule has 0 atom stereocenters. The standard InChI is InChI=1S/C23H23N5O3S/c1-3-8-15-13-21(29)26-23(24-15)28-20(14-17(27-28)19-11-7-12-32-19)25-22(30)16-9-5-6-10-18(16)31-4-2/h5-7,9-14H,3-4,8H2,1-2H3,(H,25,30)(H,24,26,29). The molecule has 3 aromatic heterocycles. The molecule has 1 amide bonds. The summed E-state index contributed by atoms with van der Waals surface area (Å²) in [5.41, 5.74) is 1.46. The van der Waals surface area contributed by atoms with E-state index in [0.717, 1.165) is 11.3 Å². The molecule has 1 aromatic carbocycles. The van der Waals surface area contributed by atoms with E-state index in [1.807, 2.05) is 37.4 Å². The van der Waals surface area contributed by atoms with Gasteiger partial charge in [-0.3, -0.25) is 14.6 Å². The highest BCUT2D eigenvalue weighted by Gasteiger charge is 2.19. The molecule has 0 unspecified atom stereocenters. The van der Waals surface area contributed by atoms with Crippen LogP contribution in [0.5, 0.6) is 5.75 Å². The first-order valence-electron chi connectivity index (χ1n) is 10.4. The summed E-state index contributed by atoms with van der Waals surface area (Å²) in [5.74, 6) is 0.784. The average Bonchev–Trinajstić information content (AvgIpc) is 3.44. The molecule has 0 spiro atoms. The molecular formula is C23H23N5O3S.